The van der Waals surface area contributed by atoms with Gasteiger partial charge in [-0.2, -0.15) is 0 Å². The zero-order chi connectivity index (χ0) is 18.4. The molecule has 1 aliphatic rings. The zero-order valence-corrected chi connectivity index (χ0v) is 15.1. The van der Waals surface area contributed by atoms with Crippen molar-refractivity contribution in [2.75, 3.05) is 18.4 Å². The van der Waals surface area contributed by atoms with Crippen LogP contribution in [0.3, 0.4) is 0 Å². The minimum absolute atomic E-state index is 0.377. The molecule has 1 aromatic carbocycles. The Morgan fingerprint density at radius 1 is 1.31 bits per heavy atom. The fraction of sp³-hybridized carbons (Fsp3) is 0.333. The number of carboxylic acid groups (broad SMARTS) is 1. The molecule has 0 amide bonds. The van der Waals surface area contributed by atoms with Crippen molar-refractivity contribution in [2.24, 2.45) is 0 Å². The summed E-state index contributed by atoms with van der Waals surface area (Å²) >= 11 is 0. The van der Waals surface area contributed by atoms with Gasteiger partial charge in [0.2, 0.25) is 0 Å². The van der Waals surface area contributed by atoms with Crippen LogP contribution < -0.4 is 5.32 Å². The maximum absolute atomic E-state index is 10.6. The van der Waals surface area contributed by atoms with E-state index in [9.17, 15) is 4.79 Å². The van der Waals surface area contributed by atoms with Crippen molar-refractivity contribution in [3.63, 3.8) is 0 Å². The lowest BCUT2D eigenvalue weighted by Crippen LogP contribution is -2.41. The Morgan fingerprint density at radius 2 is 2.12 bits per heavy atom. The number of piperidine rings is 1. The SMILES string of the molecule is Cc1ccc(CN2CCC[C@@H](Nc3ccc(/C=C/C(=O)O)cn3)C2)cc1. The Morgan fingerprint density at radius 3 is 2.81 bits per heavy atom. The van der Waals surface area contributed by atoms with Gasteiger partial charge in [0.05, 0.1) is 0 Å². The smallest absolute Gasteiger partial charge is 0.328 e. The van der Waals surface area contributed by atoms with Gasteiger partial charge in [-0.1, -0.05) is 29.8 Å². The normalized spacial score (nSPS) is 18.1. The lowest BCUT2D eigenvalue weighted by atomic mass is 10.0. The molecule has 3 rings (SSSR count). The van der Waals surface area contributed by atoms with Crippen LogP contribution in [0, 0.1) is 6.92 Å². The number of hydrogen-bond acceptors (Lipinski definition) is 4. The minimum Gasteiger partial charge on any atom is -0.478 e. The molecule has 0 radical (unpaired) electrons. The van der Waals surface area contributed by atoms with Gasteiger partial charge in [0.15, 0.2) is 0 Å². The largest absolute Gasteiger partial charge is 0.478 e. The molecule has 0 spiro atoms. The molecule has 0 aliphatic carbocycles. The molecule has 1 saturated heterocycles. The molecule has 1 atom stereocenters. The summed E-state index contributed by atoms with van der Waals surface area (Å²) in [7, 11) is 0. The summed E-state index contributed by atoms with van der Waals surface area (Å²) in [5.74, 6) is -0.122. The molecule has 5 heteroatoms. The molecule has 1 fully saturated rings. The van der Waals surface area contributed by atoms with Crippen LogP contribution in [0.4, 0.5) is 5.82 Å². The van der Waals surface area contributed by atoms with Crippen LogP contribution in [0.15, 0.2) is 48.7 Å². The molecule has 1 aromatic heterocycles. The summed E-state index contributed by atoms with van der Waals surface area (Å²) in [5, 5.41) is 12.2. The summed E-state index contributed by atoms with van der Waals surface area (Å²) in [4.78, 5) is 17.4. The predicted molar refractivity (Wildman–Crippen MR) is 104 cm³/mol. The van der Waals surface area contributed by atoms with Gasteiger partial charge >= 0.3 is 5.97 Å². The fourth-order valence-electron chi connectivity index (χ4n) is 3.23. The first-order valence-corrected chi connectivity index (χ1v) is 9.00. The van der Waals surface area contributed by atoms with Gasteiger partial charge in [0.1, 0.15) is 5.82 Å². The number of aliphatic carboxylic acids is 1. The molecule has 0 bridgehead atoms. The fourth-order valence-corrected chi connectivity index (χ4v) is 3.23. The number of benzene rings is 1. The van der Waals surface area contributed by atoms with E-state index in [1.54, 1.807) is 12.3 Å². The van der Waals surface area contributed by atoms with E-state index in [1.807, 2.05) is 12.1 Å². The molecular formula is C21H25N3O2. The average molecular weight is 351 g/mol. The number of aryl methyl sites for hydroxylation is 1. The van der Waals surface area contributed by atoms with Crippen LogP contribution >= 0.6 is 0 Å². The number of rotatable bonds is 6. The number of pyridine rings is 1. The number of carboxylic acids is 1. The van der Waals surface area contributed by atoms with Gasteiger partial charge in [0, 0.05) is 31.4 Å². The van der Waals surface area contributed by atoms with E-state index in [2.05, 4.69) is 46.4 Å². The summed E-state index contributed by atoms with van der Waals surface area (Å²) < 4.78 is 0. The number of hydrogen-bond donors (Lipinski definition) is 2. The molecule has 26 heavy (non-hydrogen) atoms. The van der Waals surface area contributed by atoms with E-state index in [0.717, 1.165) is 43.5 Å². The topological polar surface area (TPSA) is 65.5 Å². The molecule has 2 heterocycles. The zero-order valence-electron chi connectivity index (χ0n) is 15.1. The highest BCUT2D eigenvalue weighted by Gasteiger charge is 2.20. The summed E-state index contributed by atoms with van der Waals surface area (Å²) in [5.41, 5.74) is 3.42. The molecular weight excluding hydrogens is 326 g/mol. The first-order chi connectivity index (χ1) is 12.6. The molecule has 1 aliphatic heterocycles. The first kappa shape index (κ1) is 18.1. The van der Waals surface area contributed by atoms with Crippen molar-refractivity contribution in [2.45, 2.75) is 32.4 Å². The van der Waals surface area contributed by atoms with Crippen molar-refractivity contribution in [3.05, 3.63) is 65.4 Å². The standard InChI is InChI=1S/C21H25N3O2/c1-16-4-6-18(7-5-16)14-24-12-2-3-19(15-24)23-20-10-8-17(13-22-20)9-11-21(25)26/h4-11,13,19H,2-3,12,14-15H2,1H3,(H,22,23)(H,25,26)/b11-9+/t19-/m1/s1. The molecule has 0 unspecified atom stereocenters. The molecule has 0 saturated carbocycles. The van der Waals surface area contributed by atoms with Crippen molar-refractivity contribution < 1.29 is 9.90 Å². The van der Waals surface area contributed by atoms with Crippen LogP contribution in [0.1, 0.15) is 29.5 Å². The highest BCUT2D eigenvalue weighted by atomic mass is 16.4. The van der Waals surface area contributed by atoms with Crippen molar-refractivity contribution in [1.29, 1.82) is 0 Å². The Hall–Kier alpha value is -2.66. The molecule has 2 aromatic rings. The number of carbonyl (C=O) groups is 1. The van der Waals surface area contributed by atoms with Gasteiger partial charge in [-0.3, -0.25) is 4.90 Å². The van der Waals surface area contributed by atoms with E-state index in [0.29, 0.717) is 6.04 Å². The number of anilines is 1. The third-order valence-corrected chi connectivity index (χ3v) is 4.59. The second-order valence-corrected chi connectivity index (χ2v) is 6.85. The van der Waals surface area contributed by atoms with E-state index in [4.69, 9.17) is 5.11 Å². The van der Waals surface area contributed by atoms with Crippen LogP contribution in [0.5, 0.6) is 0 Å². The van der Waals surface area contributed by atoms with Gasteiger partial charge < -0.3 is 10.4 Å². The Kier molecular flexibility index (Phi) is 6.02. The van der Waals surface area contributed by atoms with Crippen LogP contribution in [-0.4, -0.2) is 40.1 Å². The highest BCUT2D eigenvalue weighted by Crippen LogP contribution is 2.17. The maximum Gasteiger partial charge on any atom is 0.328 e. The van der Waals surface area contributed by atoms with Crippen LogP contribution in [0.25, 0.3) is 6.08 Å². The van der Waals surface area contributed by atoms with E-state index >= 15 is 0 Å². The summed E-state index contributed by atoms with van der Waals surface area (Å²) in [6.07, 6.45) is 6.65. The number of nitrogens with one attached hydrogen (secondary N) is 1. The Balaban J connectivity index is 1.54. The average Bonchev–Trinajstić information content (AvgIpc) is 2.63. The first-order valence-electron chi connectivity index (χ1n) is 9.00. The Labute approximate surface area is 154 Å². The van der Waals surface area contributed by atoms with E-state index < -0.39 is 5.97 Å². The summed E-state index contributed by atoms with van der Waals surface area (Å²) in [6.45, 7) is 5.21. The quantitative estimate of drug-likeness (QED) is 0.779. The minimum atomic E-state index is -0.955. The third-order valence-electron chi connectivity index (χ3n) is 4.59. The summed E-state index contributed by atoms with van der Waals surface area (Å²) in [6, 6.07) is 12.9. The van der Waals surface area contributed by atoms with Crippen LogP contribution in [-0.2, 0) is 11.3 Å². The molecule has 136 valence electrons. The van der Waals surface area contributed by atoms with Gasteiger partial charge in [-0.15, -0.1) is 0 Å². The monoisotopic (exact) mass is 351 g/mol. The van der Waals surface area contributed by atoms with Crippen molar-refractivity contribution in [3.8, 4) is 0 Å². The number of aromatic nitrogens is 1. The van der Waals surface area contributed by atoms with Gasteiger partial charge in [0.25, 0.3) is 0 Å². The molecule has 5 nitrogen and oxygen atoms in total. The number of likely N-dealkylation sites (tertiary alicyclic amines) is 1. The van der Waals surface area contributed by atoms with Crippen molar-refractivity contribution >= 4 is 17.9 Å². The lowest BCUT2D eigenvalue weighted by Gasteiger charge is -2.33. The predicted octanol–water partition coefficient (Wildman–Crippen LogP) is 3.56. The van der Waals surface area contributed by atoms with E-state index in [-0.39, 0.29) is 0 Å². The second kappa shape index (κ2) is 8.63. The maximum atomic E-state index is 10.6. The van der Waals surface area contributed by atoms with Gasteiger partial charge in [-0.05, 0) is 55.6 Å². The third kappa shape index (κ3) is 5.43. The van der Waals surface area contributed by atoms with Crippen LogP contribution in [0.2, 0.25) is 0 Å². The Bertz CT molecular complexity index is 754. The highest BCUT2D eigenvalue weighted by molar-refractivity contribution is 5.85. The van der Waals surface area contributed by atoms with Gasteiger partial charge in [-0.25, -0.2) is 9.78 Å². The number of nitrogens with zero attached hydrogens (tertiary/aromatic N) is 2. The second-order valence-electron chi connectivity index (χ2n) is 6.85. The molecule has 2 N–H and O–H groups in total. The van der Waals surface area contributed by atoms with E-state index in [1.165, 1.54) is 17.5 Å². The van der Waals surface area contributed by atoms with Crippen molar-refractivity contribution in [1.82, 2.24) is 9.88 Å². The lowest BCUT2D eigenvalue weighted by molar-refractivity contribution is -0.131.